The molecule has 10 heteroatoms. The van der Waals surface area contributed by atoms with Gasteiger partial charge in [-0.1, -0.05) is 18.2 Å². The predicted octanol–water partition coefficient (Wildman–Crippen LogP) is 5.84. The van der Waals surface area contributed by atoms with Crippen LogP contribution in [-0.2, 0) is 16.3 Å². The highest BCUT2D eigenvalue weighted by atomic mass is 32.2. The molecule has 0 unspecified atom stereocenters. The lowest BCUT2D eigenvalue weighted by atomic mass is 10.0. The second-order valence-corrected chi connectivity index (χ2v) is 8.47. The Kier molecular flexibility index (Phi) is 5.71. The lowest BCUT2D eigenvalue weighted by Gasteiger charge is -2.14. The molecule has 4 aromatic rings. The van der Waals surface area contributed by atoms with Gasteiger partial charge in [0.1, 0.15) is 10.6 Å². The minimum Gasteiger partial charge on any atom is -0.496 e. The third-order valence-electron chi connectivity index (χ3n) is 4.84. The summed E-state index contributed by atoms with van der Waals surface area (Å²) in [5, 5.41) is 0.903. The Morgan fingerprint density at radius 3 is 2.36 bits per heavy atom. The summed E-state index contributed by atoms with van der Waals surface area (Å²) in [5.41, 5.74) is -0.270. The number of pyridine rings is 1. The van der Waals surface area contributed by atoms with Gasteiger partial charge in [-0.05, 0) is 53.9 Å². The molecule has 0 N–H and O–H groups in total. The van der Waals surface area contributed by atoms with Crippen molar-refractivity contribution < 1.29 is 34.9 Å². The first-order valence-electron chi connectivity index (χ1n) is 9.43. The Balaban J connectivity index is 1.78. The second-order valence-electron chi connectivity index (χ2n) is 6.92. The number of halogens is 4. The van der Waals surface area contributed by atoms with Crippen LogP contribution in [0.2, 0.25) is 0 Å². The molecule has 0 saturated carbocycles. The Morgan fingerprint density at radius 2 is 1.67 bits per heavy atom. The first kappa shape index (κ1) is 22.5. The summed E-state index contributed by atoms with van der Waals surface area (Å²) in [6.45, 7) is 0. The number of nitrogens with zero attached hydrogens (tertiary/aromatic N) is 1. The molecule has 1 heterocycles. The molecule has 0 saturated heterocycles. The van der Waals surface area contributed by atoms with E-state index in [0.717, 1.165) is 18.2 Å². The average molecular weight is 477 g/mol. The van der Waals surface area contributed by atoms with Gasteiger partial charge < -0.3 is 8.92 Å². The summed E-state index contributed by atoms with van der Waals surface area (Å²) in [6.07, 6.45) is -3.15. The highest BCUT2D eigenvalue weighted by Crippen LogP contribution is 2.39. The molecule has 0 bridgehead atoms. The predicted molar refractivity (Wildman–Crippen MR) is 113 cm³/mol. The van der Waals surface area contributed by atoms with Gasteiger partial charge in [0.05, 0.1) is 18.4 Å². The van der Waals surface area contributed by atoms with Gasteiger partial charge in [0.25, 0.3) is 0 Å². The van der Waals surface area contributed by atoms with Gasteiger partial charge in [-0.25, -0.2) is 4.39 Å². The van der Waals surface area contributed by atoms with Crippen molar-refractivity contribution in [3.05, 3.63) is 84.3 Å². The molecule has 0 radical (unpaired) electrons. The van der Waals surface area contributed by atoms with Crippen LogP contribution in [0.15, 0.2) is 77.8 Å². The van der Waals surface area contributed by atoms with Crippen molar-refractivity contribution >= 4 is 20.9 Å². The zero-order chi connectivity index (χ0) is 23.8. The van der Waals surface area contributed by atoms with Crippen LogP contribution < -0.4 is 8.92 Å². The van der Waals surface area contributed by atoms with E-state index < -0.39 is 33.4 Å². The normalized spacial score (nSPS) is 12.0. The van der Waals surface area contributed by atoms with Crippen LogP contribution in [0.5, 0.6) is 11.5 Å². The molecule has 33 heavy (non-hydrogen) atoms. The molecule has 0 spiro atoms. The molecule has 5 nitrogen and oxygen atoms in total. The van der Waals surface area contributed by atoms with Gasteiger partial charge in [-0.3, -0.25) is 4.98 Å². The van der Waals surface area contributed by atoms with Gasteiger partial charge in [-0.2, -0.15) is 21.6 Å². The average Bonchev–Trinajstić information content (AvgIpc) is 2.78. The fraction of sp³-hybridized carbons (Fsp3) is 0.0870. The van der Waals surface area contributed by atoms with Crippen molar-refractivity contribution in [2.45, 2.75) is 11.1 Å². The monoisotopic (exact) mass is 477 g/mol. The Morgan fingerprint density at radius 1 is 0.909 bits per heavy atom. The van der Waals surface area contributed by atoms with Gasteiger partial charge in [0, 0.05) is 17.1 Å². The number of alkyl halides is 3. The van der Waals surface area contributed by atoms with Crippen molar-refractivity contribution in [2.75, 3.05) is 7.11 Å². The molecule has 4 rings (SSSR count). The molecular weight excluding hydrogens is 462 g/mol. The molecule has 170 valence electrons. The van der Waals surface area contributed by atoms with E-state index in [9.17, 15) is 26.0 Å². The van der Waals surface area contributed by atoms with Crippen molar-refractivity contribution in [3.63, 3.8) is 0 Å². The zero-order valence-corrected chi connectivity index (χ0v) is 17.7. The van der Waals surface area contributed by atoms with E-state index in [1.807, 2.05) is 0 Å². The van der Waals surface area contributed by atoms with Crippen LogP contribution in [-0.4, -0.2) is 20.5 Å². The number of methoxy groups -OCH3 is 1. The maximum atomic E-state index is 13.8. The summed E-state index contributed by atoms with van der Waals surface area (Å²) in [6, 6.07) is 13.7. The van der Waals surface area contributed by atoms with Crippen molar-refractivity contribution in [1.82, 2.24) is 4.98 Å². The van der Waals surface area contributed by atoms with Crippen molar-refractivity contribution in [1.29, 1.82) is 0 Å². The fourth-order valence-corrected chi connectivity index (χ4v) is 4.24. The first-order chi connectivity index (χ1) is 15.6. The summed E-state index contributed by atoms with van der Waals surface area (Å²) >= 11 is 0. The molecule has 0 aliphatic carbocycles. The number of ether oxygens (including phenoxy) is 1. The number of hydrogen-bond donors (Lipinski definition) is 0. The maximum Gasteiger partial charge on any atom is 0.416 e. The Hall–Kier alpha value is -3.66. The molecule has 0 aliphatic rings. The molecule has 0 atom stereocenters. The standard InChI is InChI=1S/C23H15F4NO4S/c1-31-21-13-15(23(25,26)27)6-8-18(21)22-17-9-7-16(12-14(17)10-11-28-22)33(29,30)32-20-5-3-2-4-19(20)24/h2-13H,1H3. The SMILES string of the molecule is COc1cc(C(F)(F)F)ccc1-c1nccc2cc(S(=O)(=O)Oc3ccccc3F)ccc12. The van der Waals surface area contributed by atoms with Crippen LogP contribution >= 0.6 is 0 Å². The number of para-hydroxylation sites is 1. The molecule has 0 aliphatic heterocycles. The van der Waals surface area contributed by atoms with E-state index in [1.165, 1.54) is 61.8 Å². The highest BCUT2D eigenvalue weighted by Gasteiger charge is 2.31. The number of aromatic nitrogens is 1. The fourth-order valence-electron chi connectivity index (χ4n) is 3.27. The largest absolute Gasteiger partial charge is 0.496 e. The smallest absolute Gasteiger partial charge is 0.416 e. The van der Waals surface area contributed by atoms with Crippen molar-refractivity contribution in [3.8, 4) is 22.8 Å². The number of benzene rings is 3. The lowest BCUT2D eigenvalue weighted by molar-refractivity contribution is -0.137. The Labute approximate surface area is 186 Å². The van der Waals surface area contributed by atoms with Crippen LogP contribution in [0, 0.1) is 5.82 Å². The van der Waals surface area contributed by atoms with Crippen LogP contribution in [0.25, 0.3) is 22.0 Å². The van der Waals surface area contributed by atoms with Crippen LogP contribution in [0.4, 0.5) is 17.6 Å². The van der Waals surface area contributed by atoms with E-state index in [-0.39, 0.29) is 10.6 Å². The van der Waals surface area contributed by atoms with Gasteiger partial charge >= 0.3 is 16.3 Å². The van der Waals surface area contributed by atoms with Gasteiger partial charge in [-0.15, -0.1) is 0 Å². The summed E-state index contributed by atoms with van der Waals surface area (Å²) in [7, 11) is -3.10. The van der Waals surface area contributed by atoms with E-state index in [0.29, 0.717) is 22.0 Å². The number of hydrogen-bond acceptors (Lipinski definition) is 5. The molecule has 1 aromatic heterocycles. The van der Waals surface area contributed by atoms with E-state index >= 15 is 0 Å². The third kappa shape index (κ3) is 4.47. The molecule has 0 fully saturated rings. The van der Waals surface area contributed by atoms with Crippen LogP contribution in [0.1, 0.15) is 5.56 Å². The zero-order valence-electron chi connectivity index (χ0n) is 16.9. The highest BCUT2D eigenvalue weighted by molar-refractivity contribution is 7.87. The third-order valence-corrected chi connectivity index (χ3v) is 6.07. The maximum absolute atomic E-state index is 13.8. The van der Waals surface area contributed by atoms with Crippen molar-refractivity contribution in [2.24, 2.45) is 0 Å². The molecule has 0 amide bonds. The molecular formula is C23H15F4NO4S. The number of rotatable bonds is 5. The van der Waals surface area contributed by atoms with Gasteiger partial charge in [0.2, 0.25) is 0 Å². The number of fused-ring (bicyclic) bond motifs is 1. The lowest BCUT2D eigenvalue weighted by Crippen LogP contribution is -2.10. The van der Waals surface area contributed by atoms with Crippen LogP contribution in [0.3, 0.4) is 0 Å². The summed E-state index contributed by atoms with van der Waals surface area (Å²) in [5.74, 6) is -1.31. The minimum absolute atomic E-state index is 0.0376. The van der Waals surface area contributed by atoms with Gasteiger partial charge in [0.15, 0.2) is 11.6 Å². The van der Waals surface area contributed by atoms with E-state index in [2.05, 4.69) is 4.98 Å². The molecule has 3 aromatic carbocycles. The minimum atomic E-state index is -4.54. The summed E-state index contributed by atoms with van der Waals surface area (Å²) < 4.78 is 88.4. The van der Waals surface area contributed by atoms with E-state index in [1.54, 1.807) is 0 Å². The summed E-state index contributed by atoms with van der Waals surface area (Å²) in [4.78, 5) is 4.03. The van der Waals surface area contributed by atoms with E-state index in [4.69, 9.17) is 8.92 Å². The Bertz CT molecular complexity index is 1450. The first-order valence-corrected chi connectivity index (χ1v) is 10.8. The second kappa shape index (κ2) is 8.36. The quantitative estimate of drug-likeness (QED) is 0.267. The topological polar surface area (TPSA) is 65.5 Å².